The molecule has 0 spiro atoms. The van der Waals surface area contributed by atoms with Crippen LogP contribution in [0.25, 0.3) is 0 Å². The zero-order valence-corrected chi connectivity index (χ0v) is 15.0. The van der Waals surface area contributed by atoms with Gasteiger partial charge < -0.3 is 20.7 Å². The number of aryl methyl sites for hydroxylation is 1. The second kappa shape index (κ2) is 8.10. The van der Waals surface area contributed by atoms with Crippen molar-refractivity contribution in [3.05, 3.63) is 18.1 Å². The third kappa shape index (κ3) is 4.10. The standard InChI is InChI=1S/C18H29N5O2/c1-2-14-11-16(21-13-20-14)23-7-3-15(4-8-23)22-17(24)18(12-19)5-9-25-10-6-18/h11,13,15H,2-10,12,19H2,1H3,(H,22,24). The van der Waals surface area contributed by atoms with Gasteiger partial charge in [-0.3, -0.25) is 4.79 Å². The van der Waals surface area contributed by atoms with Gasteiger partial charge in [0.2, 0.25) is 5.91 Å². The van der Waals surface area contributed by atoms with Gasteiger partial charge in [-0.2, -0.15) is 0 Å². The van der Waals surface area contributed by atoms with Crippen LogP contribution in [0.5, 0.6) is 0 Å². The predicted molar refractivity (Wildman–Crippen MR) is 96.3 cm³/mol. The number of carbonyl (C=O) groups excluding carboxylic acids is 1. The summed E-state index contributed by atoms with van der Waals surface area (Å²) in [5, 5.41) is 3.24. The first-order valence-electron chi connectivity index (χ1n) is 9.31. The number of aromatic nitrogens is 2. The highest BCUT2D eigenvalue weighted by Crippen LogP contribution is 2.30. The normalized spacial score (nSPS) is 21.1. The molecule has 7 heteroatoms. The largest absolute Gasteiger partial charge is 0.381 e. The van der Waals surface area contributed by atoms with Gasteiger partial charge in [-0.15, -0.1) is 0 Å². The Balaban J connectivity index is 1.54. The van der Waals surface area contributed by atoms with Crippen LogP contribution >= 0.6 is 0 Å². The Morgan fingerprint density at radius 1 is 1.36 bits per heavy atom. The first-order valence-corrected chi connectivity index (χ1v) is 9.31. The molecule has 3 rings (SSSR count). The molecule has 25 heavy (non-hydrogen) atoms. The van der Waals surface area contributed by atoms with E-state index in [0.29, 0.717) is 19.8 Å². The number of carbonyl (C=O) groups is 1. The van der Waals surface area contributed by atoms with E-state index >= 15 is 0 Å². The SMILES string of the molecule is CCc1cc(N2CCC(NC(=O)C3(CN)CCOCC3)CC2)ncn1. The lowest BCUT2D eigenvalue weighted by atomic mass is 9.79. The van der Waals surface area contributed by atoms with Crippen LogP contribution in [-0.2, 0) is 16.0 Å². The molecule has 2 fully saturated rings. The molecule has 0 aromatic carbocycles. The molecule has 0 radical (unpaired) electrons. The van der Waals surface area contributed by atoms with E-state index in [-0.39, 0.29) is 11.9 Å². The van der Waals surface area contributed by atoms with E-state index < -0.39 is 5.41 Å². The summed E-state index contributed by atoms with van der Waals surface area (Å²) in [5.74, 6) is 1.09. The van der Waals surface area contributed by atoms with Gasteiger partial charge in [0.1, 0.15) is 12.1 Å². The summed E-state index contributed by atoms with van der Waals surface area (Å²) in [6.07, 6.45) is 5.83. The van der Waals surface area contributed by atoms with Crippen molar-refractivity contribution in [3.8, 4) is 0 Å². The fourth-order valence-corrected chi connectivity index (χ4v) is 3.63. The van der Waals surface area contributed by atoms with Gasteiger partial charge in [-0.05, 0) is 32.1 Å². The summed E-state index contributed by atoms with van der Waals surface area (Å²) >= 11 is 0. The van der Waals surface area contributed by atoms with Gasteiger partial charge in [0.15, 0.2) is 0 Å². The number of hydrogen-bond acceptors (Lipinski definition) is 6. The summed E-state index contributed by atoms with van der Waals surface area (Å²) in [7, 11) is 0. The van der Waals surface area contributed by atoms with Crippen molar-refractivity contribution in [2.75, 3.05) is 37.7 Å². The van der Waals surface area contributed by atoms with Crippen LogP contribution in [0.3, 0.4) is 0 Å². The quantitative estimate of drug-likeness (QED) is 0.821. The number of nitrogens with zero attached hydrogens (tertiary/aromatic N) is 3. The first-order chi connectivity index (χ1) is 12.2. The predicted octanol–water partition coefficient (Wildman–Crippen LogP) is 0.880. The minimum atomic E-state index is -0.446. The molecule has 1 amide bonds. The molecular weight excluding hydrogens is 318 g/mol. The van der Waals surface area contributed by atoms with E-state index in [1.165, 1.54) is 0 Å². The monoisotopic (exact) mass is 347 g/mol. The highest BCUT2D eigenvalue weighted by Gasteiger charge is 2.39. The molecule has 0 bridgehead atoms. The maximum absolute atomic E-state index is 12.8. The molecule has 3 heterocycles. The van der Waals surface area contributed by atoms with Crippen molar-refractivity contribution in [1.29, 1.82) is 0 Å². The van der Waals surface area contributed by atoms with Crippen LogP contribution in [0.2, 0.25) is 0 Å². The van der Waals surface area contributed by atoms with E-state index in [9.17, 15) is 4.79 Å². The van der Waals surface area contributed by atoms with Gasteiger partial charge in [0, 0.05) is 50.7 Å². The van der Waals surface area contributed by atoms with Crippen molar-refractivity contribution < 1.29 is 9.53 Å². The van der Waals surface area contributed by atoms with Gasteiger partial charge in [0.05, 0.1) is 5.41 Å². The van der Waals surface area contributed by atoms with Crippen LogP contribution in [0.15, 0.2) is 12.4 Å². The molecular formula is C18H29N5O2. The Bertz CT molecular complexity index is 581. The second-order valence-electron chi connectivity index (χ2n) is 7.05. The summed E-state index contributed by atoms with van der Waals surface area (Å²) in [6.45, 7) is 5.51. The number of hydrogen-bond donors (Lipinski definition) is 2. The number of anilines is 1. The second-order valence-corrected chi connectivity index (χ2v) is 7.05. The molecule has 3 N–H and O–H groups in total. The lowest BCUT2D eigenvalue weighted by Gasteiger charge is -2.38. The van der Waals surface area contributed by atoms with Crippen molar-refractivity contribution in [3.63, 3.8) is 0 Å². The molecule has 1 aromatic heterocycles. The van der Waals surface area contributed by atoms with E-state index in [2.05, 4.69) is 33.2 Å². The summed E-state index contributed by atoms with van der Waals surface area (Å²) < 4.78 is 5.39. The highest BCUT2D eigenvalue weighted by atomic mass is 16.5. The maximum atomic E-state index is 12.8. The number of ether oxygens (including phenoxy) is 1. The zero-order valence-electron chi connectivity index (χ0n) is 15.0. The third-order valence-electron chi connectivity index (χ3n) is 5.55. The van der Waals surface area contributed by atoms with Gasteiger partial charge >= 0.3 is 0 Å². The van der Waals surface area contributed by atoms with Crippen molar-refractivity contribution >= 4 is 11.7 Å². The minimum absolute atomic E-state index is 0.104. The van der Waals surface area contributed by atoms with Crippen LogP contribution < -0.4 is 16.0 Å². The molecule has 0 aliphatic carbocycles. The smallest absolute Gasteiger partial charge is 0.227 e. The average Bonchev–Trinajstić information content (AvgIpc) is 2.69. The lowest BCUT2D eigenvalue weighted by molar-refractivity contribution is -0.136. The van der Waals surface area contributed by atoms with E-state index in [4.69, 9.17) is 10.5 Å². The number of amides is 1. The van der Waals surface area contributed by atoms with E-state index in [1.54, 1.807) is 6.33 Å². The third-order valence-corrected chi connectivity index (χ3v) is 5.55. The maximum Gasteiger partial charge on any atom is 0.227 e. The molecule has 2 aliphatic rings. The lowest BCUT2D eigenvalue weighted by Crippen LogP contribution is -2.53. The number of rotatable bonds is 5. The van der Waals surface area contributed by atoms with Crippen molar-refractivity contribution in [2.45, 2.75) is 45.1 Å². The molecule has 0 unspecified atom stereocenters. The van der Waals surface area contributed by atoms with E-state index in [1.807, 2.05) is 0 Å². The Kier molecular flexibility index (Phi) is 5.86. The first kappa shape index (κ1) is 18.1. The van der Waals surface area contributed by atoms with Gasteiger partial charge in [0.25, 0.3) is 0 Å². The molecule has 0 saturated carbocycles. The Morgan fingerprint density at radius 2 is 2.08 bits per heavy atom. The molecule has 7 nitrogen and oxygen atoms in total. The van der Waals surface area contributed by atoms with Gasteiger partial charge in [-0.1, -0.05) is 6.92 Å². The molecule has 138 valence electrons. The van der Waals surface area contributed by atoms with Crippen molar-refractivity contribution in [2.24, 2.45) is 11.1 Å². The molecule has 1 aromatic rings. The summed E-state index contributed by atoms with van der Waals surface area (Å²) in [6, 6.07) is 2.27. The average molecular weight is 347 g/mol. The molecule has 2 aliphatic heterocycles. The Labute approximate surface area is 149 Å². The minimum Gasteiger partial charge on any atom is -0.381 e. The van der Waals surface area contributed by atoms with Crippen molar-refractivity contribution in [1.82, 2.24) is 15.3 Å². The molecule has 0 atom stereocenters. The van der Waals surface area contributed by atoms with E-state index in [0.717, 1.165) is 56.7 Å². The number of nitrogens with two attached hydrogens (primary N) is 1. The fraction of sp³-hybridized carbons (Fsp3) is 0.722. The van der Waals surface area contributed by atoms with Crippen LogP contribution in [0, 0.1) is 5.41 Å². The Hall–Kier alpha value is -1.73. The summed E-state index contributed by atoms with van der Waals surface area (Å²) in [4.78, 5) is 23.7. The van der Waals surface area contributed by atoms with Crippen LogP contribution in [0.4, 0.5) is 5.82 Å². The molecule has 2 saturated heterocycles. The van der Waals surface area contributed by atoms with Crippen LogP contribution in [-0.4, -0.2) is 54.8 Å². The zero-order chi connectivity index (χ0) is 17.7. The Morgan fingerprint density at radius 3 is 2.72 bits per heavy atom. The van der Waals surface area contributed by atoms with Gasteiger partial charge in [-0.25, -0.2) is 9.97 Å². The number of piperidine rings is 1. The van der Waals surface area contributed by atoms with Crippen LogP contribution in [0.1, 0.15) is 38.3 Å². The highest BCUT2D eigenvalue weighted by molar-refractivity contribution is 5.83. The summed E-state index contributed by atoms with van der Waals surface area (Å²) in [5.41, 5.74) is 6.54. The topological polar surface area (TPSA) is 93.4 Å². The number of nitrogens with one attached hydrogen (secondary N) is 1. The fourth-order valence-electron chi connectivity index (χ4n) is 3.63.